The summed E-state index contributed by atoms with van der Waals surface area (Å²) < 4.78 is 3.47. The predicted molar refractivity (Wildman–Crippen MR) is 85.5 cm³/mol. The van der Waals surface area contributed by atoms with Gasteiger partial charge in [0.15, 0.2) is 0 Å². The third-order valence-electron chi connectivity index (χ3n) is 3.89. The number of halogens is 1. The third-order valence-corrected chi connectivity index (χ3v) is 5.08. The Hall–Kier alpha value is -1.10. The molecule has 0 saturated heterocycles. The van der Waals surface area contributed by atoms with E-state index in [9.17, 15) is 4.79 Å². The average molecular weight is 340 g/mol. The van der Waals surface area contributed by atoms with Crippen LogP contribution in [0.3, 0.4) is 0 Å². The number of nitrogens with zero attached hydrogens (tertiary/aromatic N) is 3. The number of fused-ring (bicyclic) bond motifs is 1. The van der Waals surface area contributed by atoms with Crippen molar-refractivity contribution in [2.24, 2.45) is 5.41 Å². The summed E-state index contributed by atoms with van der Waals surface area (Å²) in [5.74, 6) is 0. The summed E-state index contributed by atoms with van der Waals surface area (Å²) in [4.78, 5) is 12.5. The van der Waals surface area contributed by atoms with E-state index in [1.54, 1.807) is 16.8 Å². The van der Waals surface area contributed by atoms with Crippen LogP contribution in [0.5, 0.6) is 0 Å². The van der Waals surface area contributed by atoms with Gasteiger partial charge in [0.05, 0.1) is 6.20 Å². The van der Waals surface area contributed by atoms with Gasteiger partial charge >= 0.3 is 0 Å². The van der Waals surface area contributed by atoms with Gasteiger partial charge in [-0.15, -0.1) is 0 Å². The zero-order chi connectivity index (χ0) is 14.6. The molecule has 0 bridgehead atoms. The highest BCUT2D eigenvalue weighted by Crippen LogP contribution is 2.33. The van der Waals surface area contributed by atoms with Gasteiger partial charge in [0.1, 0.15) is 5.52 Å². The van der Waals surface area contributed by atoms with Crippen molar-refractivity contribution < 1.29 is 0 Å². The van der Waals surface area contributed by atoms with Crippen LogP contribution in [0.1, 0.15) is 39.5 Å². The number of hydrogen-bond donors (Lipinski definition) is 0. The van der Waals surface area contributed by atoms with Crippen LogP contribution in [0.15, 0.2) is 29.5 Å². The fraction of sp³-hybridized carbons (Fsp3) is 0.600. The van der Waals surface area contributed by atoms with Crippen molar-refractivity contribution in [3.8, 4) is 0 Å². The first kappa shape index (κ1) is 15.3. The molecule has 2 aromatic rings. The average Bonchev–Trinajstić information content (AvgIpc) is 2.91. The molecule has 0 atom stereocenters. The molecular weight excluding hydrogens is 318 g/mol. The molecule has 0 radical (unpaired) electrons. The number of aromatic nitrogens is 3. The molecule has 2 heterocycles. The highest BCUT2D eigenvalue weighted by atomic mass is 79.9. The SMILES string of the molecule is CCCC(CBr)(CCC)Cn1ccn2nccc2c1=O. The lowest BCUT2D eigenvalue weighted by Gasteiger charge is -2.32. The van der Waals surface area contributed by atoms with Gasteiger partial charge in [-0.3, -0.25) is 4.79 Å². The van der Waals surface area contributed by atoms with Crippen LogP contribution in [0, 0.1) is 5.41 Å². The topological polar surface area (TPSA) is 39.3 Å². The standard InChI is InChI=1S/C15H22BrN3O/c1-3-6-15(11-16,7-4-2)12-18-9-10-19-13(14(18)20)5-8-17-19/h5,8-10H,3-4,6-7,11-12H2,1-2H3. The molecule has 0 spiro atoms. The minimum Gasteiger partial charge on any atom is -0.312 e. The highest BCUT2D eigenvalue weighted by molar-refractivity contribution is 9.09. The molecule has 0 aliphatic rings. The molecule has 2 aromatic heterocycles. The smallest absolute Gasteiger partial charge is 0.276 e. The van der Waals surface area contributed by atoms with E-state index < -0.39 is 0 Å². The lowest BCUT2D eigenvalue weighted by molar-refractivity contribution is 0.230. The Kier molecular flexibility index (Phi) is 5.02. The van der Waals surface area contributed by atoms with Crippen LogP contribution in [-0.2, 0) is 6.54 Å². The van der Waals surface area contributed by atoms with Crippen LogP contribution in [-0.4, -0.2) is 19.5 Å². The van der Waals surface area contributed by atoms with Crippen molar-refractivity contribution in [3.63, 3.8) is 0 Å². The minimum absolute atomic E-state index is 0.0440. The monoisotopic (exact) mass is 339 g/mol. The molecule has 20 heavy (non-hydrogen) atoms. The van der Waals surface area contributed by atoms with E-state index in [1.807, 2.05) is 17.0 Å². The van der Waals surface area contributed by atoms with Crippen molar-refractivity contribution in [1.82, 2.24) is 14.2 Å². The van der Waals surface area contributed by atoms with Crippen LogP contribution in [0.4, 0.5) is 0 Å². The summed E-state index contributed by atoms with van der Waals surface area (Å²) in [6, 6.07) is 1.77. The third kappa shape index (κ3) is 2.97. The molecule has 110 valence electrons. The second-order valence-electron chi connectivity index (χ2n) is 5.53. The Balaban J connectivity index is 2.37. The van der Waals surface area contributed by atoms with E-state index in [0.717, 1.165) is 37.6 Å². The minimum atomic E-state index is 0.0440. The van der Waals surface area contributed by atoms with E-state index in [-0.39, 0.29) is 11.0 Å². The molecule has 0 aliphatic carbocycles. The molecule has 0 saturated carbocycles. The molecule has 0 aromatic carbocycles. The molecule has 2 rings (SSSR count). The maximum Gasteiger partial charge on any atom is 0.276 e. The van der Waals surface area contributed by atoms with Gasteiger partial charge in [0, 0.05) is 24.3 Å². The quantitative estimate of drug-likeness (QED) is 0.724. The van der Waals surface area contributed by atoms with Crippen molar-refractivity contribution in [2.45, 2.75) is 46.1 Å². The molecule has 0 amide bonds. The summed E-state index contributed by atoms with van der Waals surface area (Å²) in [6.07, 6.45) is 9.89. The number of hydrogen-bond acceptors (Lipinski definition) is 2. The second kappa shape index (κ2) is 6.57. The Morgan fingerprint density at radius 3 is 2.55 bits per heavy atom. The normalized spacial score (nSPS) is 12.2. The molecule has 0 aliphatic heterocycles. The Bertz CT molecular complexity index is 611. The fourth-order valence-corrected chi connectivity index (χ4v) is 3.70. The largest absolute Gasteiger partial charge is 0.312 e. The van der Waals surface area contributed by atoms with Crippen molar-refractivity contribution in [3.05, 3.63) is 35.0 Å². The zero-order valence-electron chi connectivity index (χ0n) is 12.2. The van der Waals surface area contributed by atoms with Gasteiger partial charge in [-0.2, -0.15) is 5.10 Å². The zero-order valence-corrected chi connectivity index (χ0v) is 13.8. The van der Waals surface area contributed by atoms with Crippen molar-refractivity contribution in [2.75, 3.05) is 5.33 Å². The Labute approximate surface area is 127 Å². The first-order valence-corrected chi connectivity index (χ1v) is 8.36. The predicted octanol–water partition coefficient (Wildman–Crippen LogP) is 3.48. The fourth-order valence-electron chi connectivity index (χ4n) is 2.97. The Morgan fingerprint density at radius 2 is 1.95 bits per heavy atom. The molecule has 5 heteroatoms. The maximum absolute atomic E-state index is 12.5. The van der Waals surface area contributed by atoms with Crippen molar-refractivity contribution >= 4 is 21.4 Å². The van der Waals surface area contributed by atoms with Crippen LogP contribution in [0.25, 0.3) is 5.52 Å². The summed E-state index contributed by atoms with van der Waals surface area (Å²) in [6.45, 7) is 5.17. The van der Waals surface area contributed by atoms with Gasteiger partial charge in [0.2, 0.25) is 0 Å². The van der Waals surface area contributed by atoms with Crippen LogP contribution >= 0.6 is 15.9 Å². The van der Waals surface area contributed by atoms with Crippen LogP contribution < -0.4 is 5.56 Å². The lowest BCUT2D eigenvalue weighted by Crippen LogP contribution is -2.34. The van der Waals surface area contributed by atoms with Gasteiger partial charge in [0.25, 0.3) is 5.56 Å². The van der Waals surface area contributed by atoms with E-state index in [1.165, 1.54) is 0 Å². The highest BCUT2D eigenvalue weighted by Gasteiger charge is 2.28. The number of alkyl halides is 1. The van der Waals surface area contributed by atoms with Gasteiger partial charge in [-0.1, -0.05) is 42.6 Å². The molecular formula is C15H22BrN3O. The van der Waals surface area contributed by atoms with Gasteiger partial charge in [-0.05, 0) is 24.3 Å². The summed E-state index contributed by atoms with van der Waals surface area (Å²) in [5.41, 5.74) is 0.845. The second-order valence-corrected chi connectivity index (χ2v) is 6.09. The summed E-state index contributed by atoms with van der Waals surface area (Å²) in [7, 11) is 0. The molecule has 0 fully saturated rings. The summed E-state index contributed by atoms with van der Waals surface area (Å²) in [5, 5.41) is 5.03. The first-order valence-electron chi connectivity index (χ1n) is 7.24. The van der Waals surface area contributed by atoms with Crippen molar-refractivity contribution in [1.29, 1.82) is 0 Å². The number of rotatable bonds is 7. The van der Waals surface area contributed by atoms with E-state index in [0.29, 0.717) is 5.52 Å². The molecule has 0 unspecified atom stereocenters. The first-order chi connectivity index (χ1) is 9.65. The molecule has 0 N–H and O–H groups in total. The maximum atomic E-state index is 12.5. The van der Waals surface area contributed by atoms with Crippen LogP contribution in [0.2, 0.25) is 0 Å². The Morgan fingerprint density at radius 1 is 1.25 bits per heavy atom. The van der Waals surface area contributed by atoms with E-state index in [4.69, 9.17) is 0 Å². The lowest BCUT2D eigenvalue weighted by atomic mass is 9.81. The van der Waals surface area contributed by atoms with E-state index >= 15 is 0 Å². The van der Waals surface area contributed by atoms with E-state index in [2.05, 4.69) is 34.9 Å². The molecule has 4 nitrogen and oxygen atoms in total. The van der Waals surface area contributed by atoms with Gasteiger partial charge < -0.3 is 4.57 Å². The summed E-state index contributed by atoms with van der Waals surface area (Å²) >= 11 is 3.67. The van der Waals surface area contributed by atoms with Gasteiger partial charge in [-0.25, -0.2) is 4.52 Å².